The van der Waals surface area contributed by atoms with Gasteiger partial charge in [-0.1, -0.05) is 25.1 Å². The zero-order valence-corrected chi connectivity index (χ0v) is 13.2. The van der Waals surface area contributed by atoms with E-state index in [1.165, 1.54) is 16.8 Å². The molecule has 0 saturated heterocycles. The Balaban J connectivity index is 2.15. The maximum atomic E-state index is 4.08. The Kier molecular flexibility index (Phi) is 5.76. The molecule has 0 aliphatic rings. The Morgan fingerprint density at radius 2 is 1.86 bits per heavy atom. The lowest BCUT2D eigenvalue weighted by Gasteiger charge is -2.25. The number of aromatic nitrogens is 1. The van der Waals surface area contributed by atoms with Crippen LogP contribution in [0.5, 0.6) is 0 Å². The van der Waals surface area contributed by atoms with Crippen LogP contribution in [0.1, 0.15) is 37.4 Å². The summed E-state index contributed by atoms with van der Waals surface area (Å²) in [6.45, 7) is 6.36. The number of hydrogen-bond donors (Lipinski definition) is 1. The number of hydrogen-bond acceptors (Lipinski definition) is 3. The van der Waals surface area contributed by atoms with Gasteiger partial charge in [-0.25, -0.2) is 0 Å². The van der Waals surface area contributed by atoms with Crippen molar-refractivity contribution in [1.29, 1.82) is 0 Å². The molecule has 0 aliphatic heterocycles. The molecule has 0 bridgehead atoms. The summed E-state index contributed by atoms with van der Waals surface area (Å²) in [7, 11) is 2.14. The predicted molar refractivity (Wildman–Crippen MR) is 89.5 cm³/mol. The number of para-hydroxylation sites is 1. The summed E-state index contributed by atoms with van der Waals surface area (Å²) >= 11 is 0. The smallest absolute Gasteiger partial charge is 0.0427 e. The molecule has 1 heterocycles. The highest BCUT2D eigenvalue weighted by atomic mass is 15.1. The van der Waals surface area contributed by atoms with Gasteiger partial charge in [-0.15, -0.1) is 0 Å². The number of pyridine rings is 1. The van der Waals surface area contributed by atoms with Gasteiger partial charge in [0, 0.05) is 37.7 Å². The molecular formula is C18H25N3. The van der Waals surface area contributed by atoms with E-state index in [1.807, 2.05) is 12.4 Å². The van der Waals surface area contributed by atoms with Gasteiger partial charge in [0.05, 0.1) is 0 Å². The van der Waals surface area contributed by atoms with Gasteiger partial charge in [0.25, 0.3) is 0 Å². The molecule has 2 aromatic rings. The van der Waals surface area contributed by atoms with Crippen molar-refractivity contribution >= 4 is 5.69 Å². The summed E-state index contributed by atoms with van der Waals surface area (Å²) in [5.74, 6) is 0. The minimum absolute atomic E-state index is 0.362. The van der Waals surface area contributed by atoms with E-state index in [-0.39, 0.29) is 0 Å². The number of rotatable bonds is 7. The van der Waals surface area contributed by atoms with Crippen LogP contribution in [0.2, 0.25) is 0 Å². The van der Waals surface area contributed by atoms with Crippen molar-refractivity contribution in [2.24, 2.45) is 0 Å². The van der Waals surface area contributed by atoms with Crippen molar-refractivity contribution in [3.8, 4) is 0 Å². The van der Waals surface area contributed by atoms with Gasteiger partial charge in [0.2, 0.25) is 0 Å². The highest BCUT2D eigenvalue weighted by Gasteiger charge is 2.12. The van der Waals surface area contributed by atoms with E-state index in [1.54, 1.807) is 0 Å². The van der Waals surface area contributed by atoms with E-state index in [2.05, 4.69) is 72.5 Å². The number of anilines is 1. The van der Waals surface area contributed by atoms with Crippen molar-refractivity contribution < 1.29 is 0 Å². The lowest BCUT2D eigenvalue weighted by molar-refractivity contribution is 0.570. The van der Waals surface area contributed by atoms with Crippen LogP contribution in [-0.2, 0) is 6.54 Å². The molecule has 0 spiro atoms. The van der Waals surface area contributed by atoms with Crippen molar-refractivity contribution in [1.82, 2.24) is 10.3 Å². The fourth-order valence-electron chi connectivity index (χ4n) is 2.52. The molecule has 0 amide bonds. The Bertz CT molecular complexity index is 539. The van der Waals surface area contributed by atoms with Crippen LogP contribution in [0.3, 0.4) is 0 Å². The standard InChI is InChI=1S/C18H25N3/c1-4-11-20-15(2)17-7-5-6-8-18(17)21(3)14-16-9-12-19-13-10-16/h5-10,12-13,15,20H,4,11,14H2,1-3H3. The van der Waals surface area contributed by atoms with Crippen LogP contribution in [0.25, 0.3) is 0 Å². The average Bonchev–Trinajstić information content (AvgIpc) is 2.53. The number of benzene rings is 1. The maximum absolute atomic E-state index is 4.08. The predicted octanol–water partition coefficient (Wildman–Crippen LogP) is 3.78. The fourth-order valence-corrected chi connectivity index (χ4v) is 2.52. The zero-order chi connectivity index (χ0) is 15.1. The molecule has 1 aromatic heterocycles. The lowest BCUT2D eigenvalue weighted by atomic mass is 10.0. The van der Waals surface area contributed by atoms with Gasteiger partial charge >= 0.3 is 0 Å². The molecule has 3 heteroatoms. The molecule has 1 unspecified atom stereocenters. The first kappa shape index (κ1) is 15.5. The second-order valence-electron chi connectivity index (χ2n) is 5.45. The van der Waals surface area contributed by atoms with Gasteiger partial charge in [-0.2, -0.15) is 0 Å². The van der Waals surface area contributed by atoms with Crippen LogP contribution in [-0.4, -0.2) is 18.6 Å². The Morgan fingerprint density at radius 1 is 1.14 bits per heavy atom. The van der Waals surface area contributed by atoms with Crippen molar-refractivity contribution in [3.05, 3.63) is 59.9 Å². The first-order valence-electron chi connectivity index (χ1n) is 7.64. The van der Waals surface area contributed by atoms with E-state index in [9.17, 15) is 0 Å². The van der Waals surface area contributed by atoms with Crippen LogP contribution >= 0.6 is 0 Å². The number of nitrogens with zero attached hydrogens (tertiary/aromatic N) is 2. The first-order chi connectivity index (χ1) is 10.2. The van der Waals surface area contributed by atoms with E-state index < -0.39 is 0 Å². The molecule has 1 aromatic carbocycles. The number of nitrogens with one attached hydrogen (secondary N) is 1. The molecule has 0 aliphatic carbocycles. The Labute approximate surface area is 128 Å². The molecular weight excluding hydrogens is 258 g/mol. The Hall–Kier alpha value is -1.87. The fraction of sp³-hybridized carbons (Fsp3) is 0.389. The third-order valence-electron chi connectivity index (χ3n) is 3.68. The average molecular weight is 283 g/mol. The van der Waals surface area contributed by atoms with Gasteiger partial charge in [-0.3, -0.25) is 4.98 Å². The van der Waals surface area contributed by atoms with E-state index in [0.29, 0.717) is 6.04 Å². The van der Waals surface area contributed by atoms with Crippen LogP contribution in [0.4, 0.5) is 5.69 Å². The van der Waals surface area contributed by atoms with E-state index in [0.717, 1.165) is 19.5 Å². The summed E-state index contributed by atoms with van der Waals surface area (Å²) in [6.07, 6.45) is 4.85. The van der Waals surface area contributed by atoms with Gasteiger partial charge in [0.1, 0.15) is 0 Å². The van der Waals surface area contributed by atoms with Crippen LogP contribution in [0.15, 0.2) is 48.8 Å². The van der Waals surface area contributed by atoms with E-state index >= 15 is 0 Å². The molecule has 2 rings (SSSR count). The topological polar surface area (TPSA) is 28.2 Å². The molecule has 21 heavy (non-hydrogen) atoms. The molecule has 0 fully saturated rings. The molecule has 3 nitrogen and oxygen atoms in total. The second-order valence-corrected chi connectivity index (χ2v) is 5.45. The zero-order valence-electron chi connectivity index (χ0n) is 13.2. The maximum Gasteiger partial charge on any atom is 0.0427 e. The minimum atomic E-state index is 0.362. The molecule has 0 saturated carbocycles. The third-order valence-corrected chi connectivity index (χ3v) is 3.68. The molecule has 1 N–H and O–H groups in total. The second kappa shape index (κ2) is 7.79. The highest BCUT2D eigenvalue weighted by molar-refractivity contribution is 5.54. The summed E-state index contributed by atoms with van der Waals surface area (Å²) in [4.78, 5) is 6.38. The normalized spacial score (nSPS) is 12.1. The largest absolute Gasteiger partial charge is 0.370 e. The van der Waals surface area contributed by atoms with Gasteiger partial charge in [-0.05, 0) is 49.2 Å². The third kappa shape index (κ3) is 4.30. The van der Waals surface area contributed by atoms with Crippen molar-refractivity contribution in [3.63, 3.8) is 0 Å². The van der Waals surface area contributed by atoms with Gasteiger partial charge in [0.15, 0.2) is 0 Å². The summed E-state index contributed by atoms with van der Waals surface area (Å²) < 4.78 is 0. The van der Waals surface area contributed by atoms with Crippen molar-refractivity contribution in [2.75, 3.05) is 18.5 Å². The first-order valence-corrected chi connectivity index (χ1v) is 7.64. The van der Waals surface area contributed by atoms with Crippen LogP contribution < -0.4 is 10.2 Å². The Morgan fingerprint density at radius 3 is 2.57 bits per heavy atom. The molecule has 0 radical (unpaired) electrons. The van der Waals surface area contributed by atoms with Gasteiger partial charge < -0.3 is 10.2 Å². The summed E-state index contributed by atoms with van der Waals surface area (Å²) in [5.41, 5.74) is 3.91. The summed E-state index contributed by atoms with van der Waals surface area (Å²) in [5, 5.41) is 3.57. The quantitative estimate of drug-likeness (QED) is 0.838. The summed E-state index contributed by atoms with van der Waals surface area (Å²) in [6, 6.07) is 13.1. The molecule has 1 atom stereocenters. The minimum Gasteiger partial charge on any atom is -0.370 e. The molecule has 112 valence electrons. The van der Waals surface area contributed by atoms with Crippen LogP contribution in [0, 0.1) is 0 Å². The van der Waals surface area contributed by atoms with E-state index in [4.69, 9.17) is 0 Å². The lowest BCUT2D eigenvalue weighted by Crippen LogP contribution is -2.24. The monoisotopic (exact) mass is 283 g/mol. The highest BCUT2D eigenvalue weighted by Crippen LogP contribution is 2.26. The SMILES string of the molecule is CCCNC(C)c1ccccc1N(C)Cc1ccncc1. The van der Waals surface area contributed by atoms with Crippen molar-refractivity contribution in [2.45, 2.75) is 32.9 Å².